The van der Waals surface area contributed by atoms with Crippen molar-refractivity contribution in [3.8, 4) is 11.5 Å². The van der Waals surface area contributed by atoms with Gasteiger partial charge >= 0.3 is 12.1 Å². The zero-order valence-corrected chi connectivity index (χ0v) is 33.0. The molecule has 1 amide bonds. The number of hydrogen-bond acceptors (Lipinski definition) is 11. The summed E-state index contributed by atoms with van der Waals surface area (Å²) >= 11 is 0. The van der Waals surface area contributed by atoms with Crippen molar-refractivity contribution in [2.75, 3.05) is 52.5 Å². The van der Waals surface area contributed by atoms with E-state index in [1.807, 2.05) is 66.7 Å². The summed E-state index contributed by atoms with van der Waals surface area (Å²) in [6, 6.07) is 30.2. The number of benzene rings is 4. The molecule has 8 rings (SSSR count). The van der Waals surface area contributed by atoms with Gasteiger partial charge in [-0.05, 0) is 110 Å². The minimum absolute atomic E-state index is 0.0458. The van der Waals surface area contributed by atoms with E-state index in [1.165, 1.54) is 12.1 Å². The fourth-order valence-electron chi connectivity index (χ4n) is 7.76. The Kier molecular flexibility index (Phi) is 14.3. The van der Waals surface area contributed by atoms with E-state index in [9.17, 15) is 24.6 Å². The van der Waals surface area contributed by atoms with Gasteiger partial charge in [-0.25, -0.2) is 9.59 Å². The molecule has 0 spiro atoms. The number of H-pyrrole nitrogens is 1. The molecule has 4 heterocycles. The van der Waals surface area contributed by atoms with E-state index in [2.05, 4.69) is 20.5 Å². The standard InChI is InChI=1S/C46H52N4O9/c51-39-17-15-37(38-16-18-42(53)48-44(38)39)40(52)28-47-21-4-5-24-56-25-26-57-45(54)34-13-11-31(12-14-34)30-58-36-10-6-9-35(27-36)43(33-7-2-1-3-8-33)49-46(55)59-41-29-50-22-19-32(41)20-23-50/h1-3,6-18,27,32,40-41,43,47,51-52H,4-5,19-26,28-30H2,(H,48,53)(H,49,55)/t40-,41-,43?/m0/s1. The number of aliphatic hydroxyl groups excluding tert-OH is 1. The fraction of sp³-hybridized carbons (Fsp3) is 0.370. The Morgan fingerprint density at radius 3 is 2.44 bits per heavy atom. The Morgan fingerprint density at radius 2 is 1.66 bits per heavy atom. The summed E-state index contributed by atoms with van der Waals surface area (Å²) in [5, 5.41) is 27.7. The maximum Gasteiger partial charge on any atom is 0.408 e. The van der Waals surface area contributed by atoms with Crippen molar-refractivity contribution >= 4 is 23.0 Å². The summed E-state index contributed by atoms with van der Waals surface area (Å²) in [5.41, 5.74) is 3.71. The average molecular weight is 805 g/mol. The first-order valence-corrected chi connectivity index (χ1v) is 20.4. The molecule has 59 heavy (non-hydrogen) atoms. The molecule has 1 aromatic heterocycles. The van der Waals surface area contributed by atoms with Crippen molar-refractivity contribution in [2.24, 2.45) is 5.92 Å². The number of unbranched alkanes of at least 4 members (excludes halogenated alkanes) is 1. The first-order valence-electron chi connectivity index (χ1n) is 20.4. The van der Waals surface area contributed by atoms with Crippen LogP contribution in [0.1, 0.15) is 70.4 Å². The molecule has 5 aromatic rings. The number of piperidine rings is 3. The van der Waals surface area contributed by atoms with Crippen LogP contribution in [-0.2, 0) is 20.8 Å². The van der Waals surface area contributed by atoms with Crippen LogP contribution >= 0.6 is 0 Å². The van der Waals surface area contributed by atoms with Crippen molar-refractivity contribution < 1.29 is 38.7 Å². The minimum Gasteiger partial charge on any atom is -0.506 e. The molecule has 1 unspecified atom stereocenters. The second kappa shape index (κ2) is 20.3. The zero-order chi connectivity index (χ0) is 41.0. The van der Waals surface area contributed by atoms with Crippen LogP contribution in [0.15, 0.2) is 108 Å². The first-order chi connectivity index (χ1) is 28.8. The van der Waals surface area contributed by atoms with Crippen LogP contribution in [0.4, 0.5) is 4.79 Å². The van der Waals surface area contributed by atoms with Gasteiger partial charge in [0.15, 0.2) is 0 Å². The highest BCUT2D eigenvalue weighted by atomic mass is 16.6. The van der Waals surface area contributed by atoms with Crippen LogP contribution in [0.25, 0.3) is 10.9 Å². The van der Waals surface area contributed by atoms with Crippen molar-refractivity contribution in [1.82, 2.24) is 20.5 Å². The lowest BCUT2D eigenvalue weighted by Gasteiger charge is -2.43. The fourth-order valence-corrected chi connectivity index (χ4v) is 7.76. The predicted octanol–water partition coefficient (Wildman–Crippen LogP) is 6.00. The number of aliphatic hydroxyl groups is 1. The van der Waals surface area contributed by atoms with Crippen molar-refractivity contribution in [3.05, 3.63) is 141 Å². The maximum atomic E-state index is 13.2. The number of rotatable bonds is 19. The van der Waals surface area contributed by atoms with Crippen LogP contribution < -0.4 is 20.9 Å². The molecule has 5 N–H and O–H groups in total. The Balaban J connectivity index is 0.792. The number of carbonyl (C=O) groups is 2. The highest BCUT2D eigenvalue weighted by Crippen LogP contribution is 2.31. The van der Waals surface area contributed by atoms with Gasteiger partial charge < -0.3 is 44.8 Å². The van der Waals surface area contributed by atoms with Gasteiger partial charge in [-0.15, -0.1) is 0 Å². The van der Waals surface area contributed by atoms with Gasteiger partial charge in [0.05, 0.1) is 29.8 Å². The molecule has 3 saturated heterocycles. The monoisotopic (exact) mass is 804 g/mol. The third kappa shape index (κ3) is 11.3. The number of phenols is 1. The van der Waals surface area contributed by atoms with E-state index in [1.54, 1.807) is 24.3 Å². The van der Waals surface area contributed by atoms with Gasteiger partial charge in [0, 0.05) is 31.1 Å². The van der Waals surface area contributed by atoms with E-state index in [0.29, 0.717) is 53.4 Å². The molecule has 2 bridgehead atoms. The predicted molar refractivity (Wildman–Crippen MR) is 222 cm³/mol. The summed E-state index contributed by atoms with van der Waals surface area (Å²) in [7, 11) is 0. The van der Waals surface area contributed by atoms with Crippen LogP contribution in [0.3, 0.4) is 0 Å². The van der Waals surface area contributed by atoms with Gasteiger partial charge in [-0.2, -0.15) is 0 Å². The van der Waals surface area contributed by atoms with Crippen LogP contribution in [0.5, 0.6) is 11.5 Å². The highest BCUT2D eigenvalue weighted by molar-refractivity contribution is 5.89. The lowest BCUT2D eigenvalue weighted by molar-refractivity contribution is -0.0336. The maximum absolute atomic E-state index is 13.2. The van der Waals surface area contributed by atoms with E-state index in [4.69, 9.17) is 18.9 Å². The number of phenolic OH excluding ortho intramolecular Hbond substituents is 1. The number of amides is 1. The number of esters is 1. The molecule has 3 atom stereocenters. The normalized spacial score (nSPS) is 18.2. The SMILES string of the molecule is O=C(NC(c1ccccc1)c1cccc(OCc2ccc(C(=O)OCCOCCCCNC[C@H](O)c3ccc(O)c4[nH]c(=O)ccc34)cc2)c1)O[C@H]1CN2CCC1CC2. The Bertz CT molecular complexity index is 2210. The van der Waals surface area contributed by atoms with Gasteiger partial charge in [-0.1, -0.05) is 60.7 Å². The number of hydrogen-bond donors (Lipinski definition) is 5. The summed E-state index contributed by atoms with van der Waals surface area (Å²) in [6.45, 7) is 5.12. The number of nitrogens with one attached hydrogen (secondary N) is 3. The Labute approximate surface area is 343 Å². The van der Waals surface area contributed by atoms with Crippen LogP contribution in [0.2, 0.25) is 0 Å². The number of aromatic nitrogens is 1. The van der Waals surface area contributed by atoms with E-state index < -0.39 is 24.2 Å². The molecule has 0 aliphatic carbocycles. The summed E-state index contributed by atoms with van der Waals surface area (Å²) in [5.74, 6) is 0.586. The first kappa shape index (κ1) is 41.4. The number of nitrogens with zero attached hydrogens (tertiary/aromatic N) is 1. The molecular weight excluding hydrogens is 753 g/mol. The van der Waals surface area contributed by atoms with Crippen molar-refractivity contribution in [1.29, 1.82) is 0 Å². The second-order valence-electron chi connectivity index (χ2n) is 15.1. The number of alkyl carbamates (subject to hydrolysis) is 1. The third-order valence-corrected chi connectivity index (χ3v) is 11.0. The number of fused-ring (bicyclic) bond motifs is 4. The average Bonchev–Trinajstić information content (AvgIpc) is 3.26. The van der Waals surface area contributed by atoms with E-state index in [-0.39, 0.29) is 37.2 Å². The quantitative estimate of drug-likeness (QED) is 0.0490. The molecule has 13 heteroatoms. The Morgan fingerprint density at radius 1 is 0.864 bits per heavy atom. The summed E-state index contributed by atoms with van der Waals surface area (Å²) in [4.78, 5) is 42.5. The highest BCUT2D eigenvalue weighted by Gasteiger charge is 2.37. The molecule has 0 radical (unpaired) electrons. The minimum atomic E-state index is -0.815. The molecule has 310 valence electrons. The summed E-state index contributed by atoms with van der Waals surface area (Å²) in [6.07, 6.45) is 2.41. The van der Waals surface area contributed by atoms with Gasteiger partial charge in [0.2, 0.25) is 5.56 Å². The molecular formula is C46H52N4O9. The molecule has 3 aliphatic heterocycles. The van der Waals surface area contributed by atoms with Crippen LogP contribution in [0, 0.1) is 5.92 Å². The molecule has 3 fully saturated rings. The number of ether oxygens (including phenoxy) is 4. The number of pyridine rings is 1. The Hall–Kier alpha value is -5.73. The second-order valence-corrected chi connectivity index (χ2v) is 15.1. The number of aromatic amines is 1. The molecule has 0 saturated carbocycles. The molecule has 4 aromatic carbocycles. The molecule has 13 nitrogen and oxygen atoms in total. The zero-order valence-electron chi connectivity index (χ0n) is 33.0. The lowest BCUT2D eigenvalue weighted by atomic mass is 9.86. The largest absolute Gasteiger partial charge is 0.506 e. The van der Waals surface area contributed by atoms with E-state index >= 15 is 0 Å². The number of carbonyl (C=O) groups excluding carboxylic acids is 2. The third-order valence-electron chi connectivity index (χ3n) is 11.0. The van der Waals surface area contributed by atoms with E-state index in [0.717, 1.165) is 62.0 Å². The lowest BCUT2D eigenvalue weighted by Crippen LogP contribution is -2.52. The smallest absolute Gasteiger partial charge is 0.408 e. The van der Waals surface area contributed by atoms with Crippen molar-refractivity contribution in [3.63, 3.8) is 0 Å². The summed E-state index contributed by atoms with van der Waals surface area (Å²) < 4.78 is 23.1. The van der Waals surface area contributed by atoms with Gasteiger partial charge in [0.1, 0.15) is 30.8 Å². The van der Waals surface area contributed by atoms with Crippen LogP contribution in [-0.4, -0.2) is 90.8 Å². The van der Waals surface area contributed by atoms with Gasteiger partial charge in [0.25, 0.3) is 0 Å². The topological polar surface area (TPSA) is 172 Å². The van der Waals surface area contributed by atoms with Gasteiger partial charge in [-0.3, -0.25) is 9.69 Å². The molecule has 3 aliphatic rings. The van der Waals surface area contributed by atoms with Crippen molar-refractivity contribution in [2.45, 2.75) is 50.5 Å². The number of aromatic hydroxyl groups is 1.